The normalized spacial score (nSPS) is 10.2. The Kier molecular flexibility index (Phi) is 5.35. The molecular formula is C13H15N3O3. The van der Waals surface area contributed by atoms with Crippen molar-refractivity contribution in [1.29, 1.82) is 5.26 Å². The summed E-state index contributed by atoms with van der Waals surface area (Å²) in [5.41, 5.74) is 0.679. The van der Waals surface area contributed by atoms with Gasteiger partial charge in [0.1, 0.15) is 0 Å². The highest BCUT2D eigenvalue weighted by Crippen LogP contribution is 2.25. The molecule has 0 unspecified atom stereocenters. The van der Waals surface area contributed by atoms with Crippen LogP contribution < -0.4 is 4.74 Å². The van der Waals surface area contributed by atoms with Crippen molar-refractivity contribution in [3.63, 3.8) is 0 Å². The molecular weight excluding hydrogens is 246 g/mol. The van der Waals surface area contributed by atoms with E-state index in [4.69, 9.17) is 10.00 Å². The van der Waals surface area contributed by atoms with Gasteiger partial charge in [-0.2, -0.15) is 10.4 Å². The molecule has 19 heavy (non-hydrogen) atoms. The molecule has 0 aliphatic rings. The van der Waals surface area contributed by atoms with Gasteiger partial charge in [0.15, 0.2) is 11.5 Å². The number of nitrogens with zero attached hydrogens (tertiary/aromatic N) is 3. The number of hydrazone groups is 1. The highest BCUT2D eigenvalue weighted by atomic mass is 16.5. The first-order valence-electron chi connectivity index (χ1n) is 5.64. The van der Waals surface area contributed by atoms with Gasteiger partial charge in [0.2, 0.25) is 5.91 Å². The molecule has 1 aromatic rings. The zero-order valence-corrected chi connectivity index (χ0v) is 10.8. The summed E-state index contributed by atoms with van der Waals surface area (Å²) in [6.45, 7) is 1.63. The van der Waals surface area contributed by atoms with E-state index in [1.807, 2.05) is 6.07 Å². The van der Waals surface area contributed by atoms with Crippen LogP contribution in [0.5, 0.6) is 11.5 Å². The summed E-state index contributed by atoms with van der Waals surface area (Å²) in [6, 6.07) is 6.68. The number of rotatable bonds is 5. The fraction of sp³-hybridized carbons (Fsp3) is 0.308. The molecule has 6 nitrogen and oxygen atoms in total. The third-order valence-corrected chi connectivity index (χ3v) is 2.35. The summed E-state index contributed by atoms with van der Waals surface area (Å²) in [5, 5.41) is 23.2. The number of methoxy groups -OCH3 is 1. The maximum Gasteiger partial charge on any atom is 0.239 e. The van der Waals surface area contributed by atoms with E-state index < -0.39 is 0 Å². The summed E-state index contributed by atoms with van der Waals surface area (Å²) < 4.78 is 4.97. The SMILES string of the molecule is COc1cc(/C=N/N(CCC#N)C(C)=O)ccc1O. The minimum atomic E-state index is -0.239. The molecule has 0 spiro atoms. The number of hydrogen-bond acceptors (Lipinski definition) is 5. The highest BCUT2D eigenvalue weighted by Gasteiger charge is 2.06. The standard InChI is InChI=1S/C13H15N3O3/c1-10(17)16(7-3-6-14)15-9-11-4-5-12(18)13(8-11)19-2/h4-5,8-9,18H,3,7H2,1-2H3/b15-9+. The van der Waals surface area contributed by atoms with Crippen LogP contribution in [0.15, 0.2) is 23.3 Å². The minimum Gasteiger partial charge on any atom is -0.504 e. The number of ether oxygens (including phenoxy) is 1. The largest absolute Gasteiger partial charge is 0.504 e. The van der Waals surface area contributed by atoms with E-state index in [-0.39, 0.29) is 24.6 Å². The second kappa shape index (κ2) is 7.01. The Morgan fingerprint density at radius 3 is 2.95 bits per heavy atom. The van der Waals surface area contributed by atoms with Gasteiger partial charge in [0, 0.05) is 6.92 Å². The lowest BCUT2D eigenvalue weighted by atomic mass is 10.2. The summed E-state index contributed by atoms with van der Waals surface area (Å²) >= 11 is 0. The van der Waals surface area contributed by atoms with E-state index in [0.717, 1.165) is 0 Å². The fourth-order valence-corrected chi connectivity index (χ4v) is 1.36. The average Bonchev–Trinajstić information content (AvgIpc) is 2.40. The molecule has 1 rings (SSSR count). The fourth-order valence-electron chi connectivity index (χ4n) is 1.36. The van der Waals surface area contributed by atoms with Gasteiger partial charge in [-0.15, -0.1) is 0 Å². The van der Waals surface area contributed by atoms with E-state index in [0.29, 0.717) is 11.3 Å². The average molecular weight is 261 g/mol. The number of hydrogen-bond donors (Lipinski definition) is 1. The highest BCUT2D eigenvalue weighted by molar-refractivity contribution is 5.82. The number of benzene rings is 1. The number of phenols is 1. The molecule has 0 saturated heterocycles. The van der Waals surface area contributed by atoms with Crippen molar-refractivity contribution < 1.29 is 14.6 Å². The van der Waals surface area contributed by atoms with Crippen molar-refractivity contribution >= 4 is 12.1 Å². The van der Waals surface area contributed by atoms with Gasteiger partial charge < -0.3 is 9.84 Å². The van der Waals surface area contributed by atoms with Gasteiger partial charge in [-0.3, -0.25) is 4.79 Å². The van der Waals surface area contributed by atoms with Crippen LogP contribution in [0, 0.1) is 11.3 Å². The van der Waals surface area contributed by atoms with Crippen LogP contribution in [0.4, 0.5) is 0 Å². The maximum absolute atomic E-state index is 11.3. The summed E-state index contributed by atoms with van der Waals surface area (Å²) in [4.78, 5) is 11.3. The van der Waals surface area contributed by atoms with Crippen molar-refractivity contribution in [3.8, 4) is 17.6 Å². The van der Waals surface area contributed by atoms with Crippen LogP contribution in [-0.4, -0.2) is 35.9 Å². The number of carbonyl (C=O) groups is 1. The molecule has 1 amide bonds. The number of aromatic hydroxyl groups is 1. The van der Waals surface area contributed by atoms with Crippen molar-refractivity contribution in [1.82, 2.24) is 5.01 Å². The third-order valence-electron chi connectivity index (χ3n) is 2.35. The summed E-state index contributed by atoms with van der Waals surface area (Å²) in [5.74, 6) is 0.125. The zero-order chi connectivity index (χ0) is 14.3. The molecule has 0 saturated carbocycles. The van der Waals surface area contributed by atoms with Crippen molar-refractivity contribution in [2.24, 2.45) is 5.10 Å². The number of nitriles is 1. The second-order valence-corrected chi connectivity index (χ2v) is 3.73. The molecule has 0 aliphatic carbocycles. The van der Waals surface area contributed by atoms with Crippen molar-refractivity contribution in [3.05, 3.63) is 23.8 Å². The van der Waals surface area contributed by atoms with Crippen LogP contribution in [0.25, 0.3) is 0 Å². The zero-order valence-electron chi connectivity index (χ0n) is 10.8. The topological polar surface area (TPSA) is 85.9 Å². The minimum absolute atomic E-state index is 0.0348. The van der Waals surface area contributed by atoms with E-state index in [9.17, 15) is 9.90 Å². The molecule has 0 bridgehead atoms. The maximum atomic E-state index is 11.3. The van der Waals surface area contributed by atoms with Gasteiger partial charge in [-0.1, -0.05) is 0 Å². The second-order valence-electron chi connectivity index (χ2n) is 3.73. The van der Waals surface area contributed by atoms with Gasteiger partial charge >= 0.3 is 0 Å². The molecule has 0 heterocycles. The molecule has 6 heteroatoms. The molecule has 0 fully saturated rings. The first kappa shape index (κ1) is 14.5. The van der Waals surface area contributed by atoms with Gasteiger partial charge in [0.25, 0.3) is 0 Å². The van der Waals surface area contributed by atoms with Crippen LogP contribution >= 0.6 is 0 Å². The Bertz CT molecular complexity index is 520. The van der Waals surface area contributed by atoms with Crippen molar-refractivity contribution in [2.75, 3.05) is 13.7 Å². The number of carbonyl (C=O) groups excluding carboxylic acids is 1. The van der Waals surface area contributed by atoms with E-state index in [2.05, 4.69) is 5.10 Å². The molecule has 100 valence electrons. The van der Waals surface area contributed by atoms with Crippen LogP contribution in [-0.2, 0) is 4.79 Å². The molecule has 0 radical (unpaired) electrons. The smallest absolute Gasteiger partial charge is 0.239 e. The van der Waals surface area contributed by atoms with Crippen LogP contribution in [0.1, 0.15) is 18.9 Å². The van der Waals surface area contributed by atoms with Gasteiger partial charge in [-0.25, -0.2) is 5.01 Å². The monoisotopic (exact) mass is 261 g/mol. The van der Waals surface area contributed by atoms with Gasteiger partial charge in [-0.05, 0) is 23.8 Å². The van der Waals surface area contributed by atoms with E-state index in [1.165, 1.54) is 31.3 Å². The number of phenolic OH excluding ortho intramolecular Hbond substituents is 1. The molecule has 1 N–H and O–H groups in total. The summed E-state index contributed by atoms with van der Waals surface area (Å²) in [7, 11) is 1.45. The molecule has 0 atom stereocenters. The number of amides is 1. The van der Waals surface area contributed by atoms with Crippen molar-refractivity contribution in [2.45, 2.75) is 13.3 Å². The van der Waals surface area contributed by atoms with Crippen LogP contribution in [0.2, 0.25) is 0 Å². The Morgan fingerprint density at radius 2 is 2.37 bits per heavy atom. The van der Waals surface area contributed by atoms with Crippen LogP contribution in [0.3, 0.4) is 0 Å². The first-order chi connectivity index (χ1) is 9.08. The Balaban J connectivity index is 2.84. The first-order valence-corrected chi connectivity index (χ1v) is 5.64. The lowest BCUT2D eigenvalue weighted by molar-refractivity contribution is -0.128. The molecule has 0 aromatic heterocycles. The van der Waals surface area contributed by atoms with E-state index >= 15 is 0 Å². The predicted molar refractivity (Wildman–Crippen MR) is 69.9 cm³/mol. The lowest BCUT2D eigenvalue weighted by Gasteiger charge is -2.12. The predicted octanol–water partition coefficient (Wildman–Crippen LogP) is 1.50. The quantitative estimate of drug-likeness (QED) is 0.642. The third kappa shape index (κ3) is 4.32. The summed E-state index contributed by atoms with van der Waals surface area (Å²) in [6.07, 6.45) is 1.69. The lowest BCUT2D eigenvalue weighted by Crippen LogP contribution is -2.24. The molecule has 1 aromatic carbocycles. The Labute approximate surface area is 111 Å². The van der Waals surface area contributed by atoms with E-state index in [1.54, 1.807) is 12.1 Å². The Hall–Kier alpha value is -2.55. The molecule has 0 aliphatic heterocycles. The van der Waals surface area contributed by atoms with Gasteiger partial charge in [0.05, 0.1) is 32.4 Å². The Morgan fingerprint density at radius 1 is 1.63 bits per heavy atom.